The normalized spacial score (nSPS) is 23.8. The van der Waals surface area contributed by atoms with Gasteiger partial charge in [-0.3, -0.25) is 0 Å². The van der Waals surface area contributed by atoms with Crippen LogP contribution in [0, 0.1) is 24.7 Å². The van der Waals surface area contributed by atoms with Gasteiger partial charge in [-0.15, -0.1) is 0 Å². The summed E-state index contributed by atoms with van der Waals surface area (Å²) in [5, 5.41) is 7.87. The van der Waals surface area contributed by atoms with Crippen LogP contribution in [0.1, 0.15) is 37.1 Å². The number of anilines is 1. The first-order valence-corrected chi connectivity index (χ1v) is 11.1. The van der Waals surface area contributed by atoms with Crippen LogP contribution in [0.2, 0.25) is 0 Å². The fourth-order valence-electron chi connectivity index (χ4n) is 5.08. The molecular weight excluding hydrogens is 482 g/mol. The summed E-state index contributed by atoms with van der Waals surface area (Å²) in [4.78, 5) is 10.5. The topological polar surface area (TPSA) is 81.6 Å². The van der Waals surface area contributed by atoms with Gasteiger partial charge in [-0.2, -0.15) is 36.4 Å². The molecule has 0 radical (unpaired) electrons. The first-order valence-electron chi connectivity index (χ1n) is 11.1. The van der Waals surface area contributed by atoms with Gasteiger partial charge in [0.1, 0.15) is 5.69 Å². The lowest BCUT2D eigenvalue weighted by Gasteiger charge is -2.36. The predicted molar refractivity (Wildman–Crippen MR) is 109 cm³/mol. The predicted octanol–water partition coefficient (Wildman–Crippen LogP) is 4.47. The van der Waals surface area contributed by atoms with Crippen LogP contribution >= 0.6 is 0 Å². The Balaban J connectivity index is 1.42. The van der Waals surface area contributed by atoms with Gasteiger partial charge in [0.25, 0.3) is 0 Å². The number of hydrogen-bond acceptors (Lipinski definition) is 7. The molecule has 5 rings (SSSR count). The Morgan fingerprint density at radius 2 is 1.77 bits per heavy atom. The van der Waals surface area contributed by atoms with E-state index >= 15 is 0 Å². The lowest BCUT2D eigenvalue weighted by atomic mass is 9.82. The van der Waals surface area contributed by atoms with Crippen LogP contribution in [0.25, 0.3) is 5.65 Å². The van der Waals surface area contributed by atoms with Crippen molar-refractivity contribution in [3.05, 3.63) is 29.5 Å². The minimum absolute atomic E-state index is 0.112. The van der Waals surface area contributed by atoms with Gasteiger partial charge in [0.15, 0.2) is 29.1 Å². The molecular formula is C21H22F6N6O2. The molecule has 4 heterocycles. The molecule has 4 atom stereocenters. The molecule has 0 aromatic carbocycles. The average molecular weight is 504 g/mol. The highest BCUT2D eigenvalue weighted by atomic mass is 19.4. The fraction of sp³-hybridized carbons (Fsp3) is 0.619. The molecule has 3 aromatic rings. The van der Waals surface area contributed by atoms with Gasteiger partial charge in [-0.1, -0.05) is 5.16 Å². The summed E-state index contributed by atoms with van der Waals surface area (Å²) in [6.45, 7) is 3.82. The third-order valence-corrected chi connectivity index (χ3v) is 6.78. The summed E-state index contributed by atoms with van der Waals surface area (Å²) in [5.74, 6) is 0.801. The number of rotatable bonds is 5. The van der Waals surface area contributed by atoms with Gasteiger partial charge in [0, 0.05) is 19.5 Å². The molecule has 2 unspecified atom stereocenters. The molecule has 190 valence electrons. The maximum atomic E-state index is 13.6. The first-order chi connectivity index (χ1) is 16.4. The van der Waals surface area contributed by atoms with Crippen LogP contribution in [0.4, 0.5) is 32.4 Å². The number of hydrogen-bond donors (Lipinski definition) is 0. The van der Waals surface area contributed by atoms with E-state index in [1.165, 1.54) is 0 Å². The number of ether oxygens (including phenoxy) is 1. The molecule has 35 heavy (non-hydrogen) atoms. The Bertz CT molecular complexity index is 1210. The van der Waals surface area contributed by atoms with Crippen molar-refractivity contribution < 1.29 is 35.6 Å². The summed E-state index contributed by atoms with van der Waals surface area (Å²) in [5.41, 5.74) is -1.53. The van der Waals surface area contributed by atoms with E-state index in [-0.39, 0.29) is 23.6 Å². The number of aromatic nitrogens is 5. The molecule has 8 nitrogen and oxygen atoms in total. The van der Waals surface area contributed by atoms with E-state index < -0.39 is 35.5 Å². The molecule has 0 N–H and O–H groups in total. The highest BCUT2D eigenvalue weighted by Gasteiger charge is 2.44. The van der Waals surface area contributed by atoms with Crippen molar-refractivity contribution in [3.8, 4) is 5.75 Å². The molecule has 3 aromatic heterocycles. The molecule has 2 aliphatic rings. The van der Waals surface area contributed by atoms with Crippen molar-refractivity contribution in [2.24, 2.45) is 17.8 Å². The molecule has 1 aliphatic heterocycles. The van der Waals surface area contributed by atoms with Crippen LogP contribution in [0.3, 0.4) is 0 Å². The molecule has 0 amide bonds. The average Bonchev–Trinajstić information content (AvgIpc) is 3.43. The van der Waals surface area contributed by atoms with Crippen molar-refractivity contribution in [2.45, 2.75) is 51.6 Å². The van der Waals surface area contributed by atoms with Crippen LogP contribution in [0.5, 0.6) is 5.75 Å². The minimum Gasteiger partial charge on any atom is -0.477 e. The highest BCUT2D eigenvalue weighted by molar-refractivity contribution is 5.54. The molecule has 1 aliphatic carbocycles. The highest BCUT2D eigenvalue weighted by Crippen LogP contribution is 2.44. The number of fused-ring (bicyclic) bond motifs is 3. The summed E-state index contributed by atoms with van der Waals surface area (Å²) in [6.07, 6.45) is -9.53. The van der Waals surface area contributed by atoms with Crippen LogP contribution in [-0.2, 0) is 12.6 Å². The first kappa shape index (κ1) is 23.7. The Hall–Kier alpha value is -3.06. The Labute approximate surface area is 195 Å². The Kier molecular flexibility index (Phi) is 5.59. The number of alkyl halides is 6. The van der Waals surface area contributed by atoms with Crippen molar-refractivity contribution in [2.75, 3.05) is 18.0 Å². The largest absolute Gasteiger partial charge is 0.477 e. The molecule has 14 heteroatoms. The van der Waals surface area contributed by atoms with Gasteiger partial charge in [0.05, 0.1) is 0 Å². The molecule has 1 saturated heterocycles. The monoisotopic (exact) mass is 504 g/mol. The quantitative estimate of drug-likeness (QED) is 0.474. The molecule has 0 spiro atoms. The number of nitrogens with zero attached hydrogens (tertiary/aromatic N) is 6. The summed E-state index contributed by atoms with van der Waals surface area (Å²) < 4.78 is 90.5. The zero-order valence-corrected chi connectivity index (χ0v) is 18.8. The minimum atomic E-state index is -4.77. The zero-order chi connectivity index (χ0) is 25.1. The maximum absolute atomic E-state index is 13.6. The van der Waals surface area contributed by atoms with Crippen LogP contribution in [0.15, 0.2) is 16.7 Å². The lowest BCUT2D eigenvalue weighted by Crippen LogP contribution is -2.43. The van der Waals surface area contributed by atoms with E-state index in [1.807, 2.05) is 4.90 Å². The SMILES string of the molecule is Cc1noc(N2C[C@H]3CC[C@@H](C2)C3Cc2nc3c(OC(C)C(F)(F)F)ccc(C(F)(F)F)n3n2)n1. The summed E-state index contributed by atoms with van der Waals surface area (Å²) in [7, 11) is 0. The molecule has 1 saturated carbocycles. The van der Waals surface area contributed by atoms with Gasteiger partial charge < -0.3 is 14.2 Å². The van der Waals surface area contributed by atoms with Crippen molar-refractivity contribution >= 4 is 11.7 Å². The smallest absolute Gasteiger partial charge is 0.433 e. The van der Waals surface area contributed by atoms with Gasteiger partial charge in [0.2, 0.25) is 0 Å². The van der Waals surface area contributed by atoms with Gasteiger partial charge >= 0.3 is 18.4 Å². The number of aryl methyl sites for hydroxylation is 1. The van der Waals surface area contributed by atoms with E-state index in [0.29, 0.717) is 41.9 Å². The Morgan fingerprint density at radius 3 is 2.34 bits per heavy atom. The standard InChI is InChI=1S/C21H22F6N6O2/c1-10(20(22,23)24)34-15-5-6-16(21(25,26)27)33-18(15)29-17(30-33)7-14-12-3-4-13(14)9-32(8-12)19-28-11(2)31-35-19/h5-6,10,12-14H,3-4,7-9H2,1-2H3/t10?,12-,13+,14?. The van der Waals surface area contributed by atoms with Crippen LogP contribution < -0.4 is 9.64 Å². The second-order valence-electron chi connectivity index (χ2n) is 9.14. The summed E-state index contributed by atoms with van der Waals surface area (Å²) in [6, 6.07) is 1.95. The zero-order valence-electron chi connectivity index (χ0n) is 18.8. The maximum Gasteiger partial charge on any atom is 0.433 e. The Morgan fingerprint density at radius 1 is 1.09 bits per heavy atom. The summed E-state index contributed by atoms with van der Waals surface area (Å²) >= 11 is 0. The molecule has 2 bridgehead atoms. The molecule has 2 fully saturated rings. The van der Waals surface area contributed by atoms with Crippen molar-refractivity contribution in [3.63, 3.8) is 0 Å². The van der Waals surface area contributed by atoms with Crippen LogP contribution in [-0.4, -0.2) is 50.1 Å². The van der Waals surface area contributed by atoms with E-state index in [9.17, 15) is 26.3 Å². The second kappa shape index (κ2) is 8.26. The van der Waals surface area contributed by atoms with E-state index in [1.54, 1.807) is 6.92 Å². The number of piperidine rings is 1. The lowest BCUT2D eigenvalue weighted by molar-refractivity contribution is -0.189. The van der Waals surface area contributed by atoms with E-state index in [4.69, 9.17) is 9.26 Å². The van der Waals surface area contributed by atoms with Crippen molar-refractivity contribution in [1.29, 1.82) is 0 Å². The van der Waals surface area contributed by atoms with Crippen molar-refractivity contribution in [1.82, 2.24) is 24.7 Å². The number of pyridine rings is 1. The third-order valence-electron chi connectivity index (χ3n) is 6.78. The van der Waals surface area contributed by atoms with Gasteiger partial charge in [-0.25, -0.2) is 9.50 Å². The van der Waals surface area contributed by atoms with Gasteiger partial charge in [-0.05, 0) is 56.6 Å². The second-order valence-corrected chi connectivity index (χ2v) is 9.14. The van der Waals surface area contributed by atoms with E-state index in [2.05, 4.69) is 20.2 Å². The number of halogens is 6. The third kappa shape index (κ3) is 4.49. The van der Waals surface area contributed by atoms with E-state index in [0.717, 1.165) is 25.8 Å². The fourth-order valence-corrected chi connectivity index (χ4v) is 5.08.